The van der Waals surface area contributed by atoms with Crippen LogP contribution in [-0.2, 0) is 6.18 Å². The lowest BCUT2D eigenvalue weighted by molar-refractivity contribution is -0.137. The first-order chi connectivity index (χ1) is 11.8. The molecule has 128 valence electrons. The third kappa shape index (κ3) is 4.05. The summed E-state index contributed by atoms with van der Waals surface area (Å²) < 4.78 is 44.2. The van der Waals surface area contributed by atoms with Crippen LogP contribution in [0.4, 0.5) is 19.2 Å². The Morgan fingerprint density at radius 3 is 2.56 bits per heavy atom. The zero-order chi connectivity index (χ0) is 18.0. The van der Waals surface area contributed by atoms with Crippen LogP contribution in [0, 0.1) is 0 Å². The summed E-state index contributed by atoms with van der Waals surface area (Å²) in [6, 6.07) is 10.9. The smallest absolute Gasteiger partial charge is 0.403 e. The highest BCUT2D eigenvalue weighted by atomic mass is 79.9. The summed E-state index contributed by atoms with van der Waals surface area (Å²) in [5.74, 6) is -0.615. The molecule has 1 heterocycles. The van der Waals surface area contributed by atoms with Crippen molar-refractivity contribution in [1.29, 1.82) is 0 Å². The average molecular weight is 412 g/mol. The molecule has 1 N–H and O–H groups in total. The first-order valence-corrected chi connectivity index (χ1v) is 7.70. The van der Waals surface area contributed by atoms with Gasteiger partial charge in [-0.3, -0.25) is 10.1 Å². The number of aromatic nitrogens is 2. The van der Waals surface area contributed by atoms with Crippen molar-refractivity contribution in [2.24, 2.45) is 0 Å². The van der Waals surface area contributed by atoms with Gasteiger partial charge in [-0.15, -0.1) is 5.10 Å². The Morgan fingerprint density at radius 1 is 1.08 bits per heavy atom. The molecule has 0 unspecified atom stereocenters. The molecule has 1 aromatic heterocycles. The molecule has 3 rings (SSSR count). The number of halogens is 4. The van der Waals surface area contributed by atoms with Gasteiger partial charge in [0.25, 0.3) is 5.91 Å². The first-order valence-electron chi connectivity index (χ1n) is 6.91. The quantitative estimate of drug-likeness (QED) is 0.673. The van der Waals surface area contributed by atoms with Gasteiger partial charge in [0.2, 0.25) is 5.89 Å². The summed E-state index contributed by atoms with van der Waals surface area (Å²) in [5.41, 5.74) is -0.459. The van der Waals surface area contributed by atoms with E-state index in [1.165, 1.54) is 6.07 Å². The molecule has 0 aliphatic carbocycles. The highest BCUT2D eigenvalue weighted by molar-refractivity contribution is 9.10. The molecule has 0 spiro atoms. The standard InChI is InChI=1S/C16H9BrF3N3O2/c17-12-6-2-4-10(8-12)14-22-23-15(25-14)21-13(24)9-3-1-5-11(7-9)16(18,19)20/h1-8H,(H,21,23,24). The number of nitrogens with zero attached hydrogens (tertiary/aromatic N) is 2. The molecule has 0 saturated carbocycles. The second-order valence-corrected chi connectivity index (χ2v) is 5.87. The Hall–Kier alpha value is -2.68. The Balaban J connectivity index is 1.78. The number of benzene rings is 2. The molecule has 0 aliphatic rings. The average Bonchev–Trinajstić information content (AvgIpc) is 3.03. The number of carbonyl (C=O) groups excluding carboxylic acids is 1. The van der Waals surface area contributed by atoms with E-state index in [1.807, 2.05) is 6.07 Å². The van der Waals surface area contributed by atoms with Crippen molar-refractivity contribution in [2.75, 3.05) is 5.32 Å². The van der Waals surface area contributed by atoms with E-state index in [2.05, 4.69) is 31.4 Å². The van der Waals surface area contributed by atoms with Gasteiger partial charge in [-0.25, -0.2) is 0 Å². The van der Waals surface area contributed by atoms with Crippen LogP contribution in [0.5, 0.6) is 0 Å². The van der Waals surface area contributed by atoms with E-state index in [0.29, 0.717) is 5.56 Å². The van der Waals surface area contributed by atoms with Crippen molar-refractivity contribution >= 4 is 27.9 Å². The number of rotatable bonds is 3. The minimum absolute atomic E-state index is 0.167. The minimum atomic E-state index is -4.53. The molecule has 9 heteroatoms. The first kappa shape index (κ1) is 17.2. The molecular weight excluding hydrogens is 403 g/mol. The van der Waals surface area contributed by atoms with E-state index in [9.17, 15) is 18.0 Å². The lowest BCUT2D eigenvalue weighted by atomic mass is 10.1. The monoisotopic (exact) mass is 411 g/mol. The lowest BCUT2D eigenvalue weighted by Gasteiger charge is -2.07. The van der Waals surface area contributed by atoms with E-state index in [1.54, 1.807) is 18.2 Å². The summed E-state index contributed by atoms with van der Waals surface area (Å²) in [6.45, 7) is 0. The maximum absolute atomic E-state index is 12.7. The van der Waals surface area contributed by atoms with Crippen molar-refractivity contribution in [3.8, 4) is 11.5 Å². The number of carbonyl (C=O) groups is 1. The van der Waals surface area contributed by atoms with E-state index in [4.69, 9.17) is 4.42 Å². The van der Waals surface area contributed by atoms with Crippen molar-refractivity contribution in [3.63, 3.8) is 0 Å². The van der Waals surface area contributed by atoms with Gasteiger partial charge in [-0.2, -0.15) is 13.2 Å². The van der Waals surface area contributed by atoms with Gasteiger partial charge in [-0.1, -0.05) is 33.2 Å². The summed E-state index contributed by atoms with van der Waals surface area (Å²) >= 11 is 3.31. The molecule has 3 aromatic rings. The zero-order valence-electron chi connectivity index (χ0n) is 12.3. The van der Waals surface area contributed by atoms with Gasteiger partial charge in [0, 0.05) is 15.6 Å². The summed E-state index contributed by atoms with van der Waals surface area (Å²) in [5, 5.41) is 9.75. The largest absolute Gasteiger partial charge is 0.416 e. The van der Waals surface area contributed by atoms with E-state index in [0.717, 1.165) is 22.7 Å². The fraction of sp³-hybridized carbons (Fsp3) is 0.0625. The Labute approximate surface area is 148 Å². The molecule has 0 atom stereocenters. The fourth-order valence-corrected chi connectivity index (χ4v) is 2.42. The van der Waals surface area contributed by atoms with Crippen LogP contribution in [0.25, 0.3) is 11.5 Å². The number of amides is 1. The highest BCUT2D eigenvalue weighted by Gasteiger charge is 2.31. The predicted octanol–water partition coefficient (Wildman–Crippen LogP) is 4.77. The fourth-order valence-electron chi connectivity index (χ4n) is 2.02. The Bertz CT molecular complexity index is 925. The van der Waals surface area contributed by atoms with Crippen LogP contribution < -0.4 is 5.32 Å². The summed E-state index contributed by atoms with van der Waals surface area (Å²) in [7, 11) is 0. The van der Waals surface area contributed by atoms with Crippen LogP contribution in [0.2, 0.25) is 0 Å². The number of nitrogens with one attached hydrogen (secondary N) is 1. The van der Waals surface area contributed by atoms with Gasteiger partial charge >= 0.3 is 12.2 Å². The normalized spacial score (nSPS) is 11.4. The SMILES string of the molecule is O=C(Nc1nnc(-c2cccc(Br)c2)o1)c1cccc(C(F)(F)F)c1. The lowest BCUT2D eigenvalue weighted by Crippen LogP contribution is -2.14. The van der Waals surface area contributed by atoms with Crippen LogP contribution in [-0.4, -0.2) is 16.1 Å². The van der Waals surface area contributed by atoms with Crippen molar-refractivity contribution in [2.45, 2.75) is 6.18 Å². The van der Waals surface area contributed by atoms with E-state index >= 15 is 0 Å². The molecule has 0 aliphatic heterocycles. The third-order valence-corrected chi connectivity index (χ3v) is 3.66. The van der Waals surface area contributed by atoms with Gasteiger partial charge in [-0.05, 0) is 36.4 Å². The second kappa shape index (κ2) is 6.67. The Kier molecular flexibility index (Phi) is 4.58. The van der Waals surface area contributed by atoms with Gasteiger partial charge < -0.3 is 4.42 Å². The van der Waals surface area contributed by atoms with Gasteiger partial charge in [0.1, 0.15) is 0 Å². The Morgan fingerprint density at radius 2 is 1.84 bits per heavy atom. The third-order valence-electron chi connectivity index (χ3n) is 3.17. The summed E-state index contributed by atoms with van der Waals surface area (Å²) in [4.78, 5) is 12.1. The number of hydrogen-bond acceptors (Lipinski definition) is 4. The second-order valence-electron chi connectivity index (χ2n) is 4.96. The van der Waals surface area contributed by atoms with Gasteiger partial charge in [0.05, 0.1) is 5.56 Å². The molecule has 0 bridgehead atoms. The maximum Gasteiger partial charge on any atom is 0.416 e. The number of hydrogen-bond donors (Lipinski definition) is 1. The topological polar surface area (TPSA) is 68.0 Å². The molecule has 5 nitrogen and oxygen atoms in total. The van der Waals surface area contributed by atoms with Crippen molar-refractivity contribution < 1.29 is 22.4 Å². The highest BCUT2D eigenvalue weighted by Crippen LogP contribution is 2.29. The van der Waals surface area contributed by atoms with E-state index < -0.39 is 17.6 Å². The van der Waals surface area contributed by atoms with Crippen LogP contribution in [0.1, 0.15) is 15.9 Å². The minimum Gasteiger partial charge on any atom is -0.403 e. The van der Waals surface area contributed by atoms with Crippen LogP contribution >= 0.6 is 15.9 Å². The molecular formula is C16H9BrF3N3O2. The number of alkyl halides is 3. The van der Waals surface area contributed by atoms with Gasteiger partial charge in [0.15, 0.2) is 0 Å². The molecule has 1 amide bonds. The maximum atomic E-state index is 12.7. The van der Waals surface area contributed by atoms with E-state index in [-0.39, 0.29) is 17.5 Å². The molecule has 0 fully saturated rings. The molecule has 25 heavy (non-hydrogen) atoms. The van der Waals surface area contributed by atoms with Crippen molar-refractivity contribution in [1.82, 2.24) is 10.2 Å². The molecule has 2 aromatic carbocycles. The summed E-state index contributed by atoms with van der Waals surface area (Å²) in [6.07, 6.45) is -4.53. The van der Waals surface area contributed by atoms with Crippen molar-refractivity contribution in [3.05, 3.63) is 64.1 Å². The number of anilines is 1. The zero-order valence-corrected chi connectivity index (χ0v) is 13.9. The van der Waals surface area contributed by atoms with Crippen LogP contribution in [0.3, 0.4) is 0 Å². The van der Waals surface area contributed by atoms with Crippen LogP contribution in [0.15, 0.2) is 57.4 Å². The molecule has 0 radical (unpaired) electrons. The molecule has 0 saturated heterocycles. The predicted molar refractivity (Wildman–Crippen MR) is 86.8 cm³/mol.